The molecular formula is C9H11ClO3. The molecule has 0 aliphatic carbocycles. The van der Waals surface area contributed by atoms with Crippen LogP contribution in [0.5, 0.6) is 17.2 Å². The predicted octanol–water partition coefficient (Wildman–Crippen LogP) is 2.37. The molecule has 0 unspecified atom stereocenters. The number of halogens is 1. The van der Waals surface area contributed by atoms with E-state index in [1.165, 1.54) is 14.2 Å². The molecule has 0 fully saturated rings. The van der Waals surface area contributed by atoms with Crippen molar-refractivity contribution in [3.63, 3.8) is 0 Å². The number of benzene rings is 1. The van der Waals surface area contributed by atoms with Gasteiger partial charge in [0.1, 0.15) is 0 Å². The highest BCUT2D eigenvalue weighted by Crippen LogP contribution is 2.43. The maximum absolute atomic E-state index is 9.56. The van der Waals surface area contributed by atoms with Crippen molar-refractivity contribution in [3.8, 4) is 17.2 Å². The highest BCUT2D eigenvalue weighted by Gasteiger charge is 2.15. The molecule has 0 aromatic heterocycles. The Balaban J connectivity index is 3.39. The summed E-state index contributed by atoms with van der Waals surface area (Å²) in [6, 6.07) is 1.65. The van der Waals surface area contributed by atoms with Gasteiger partial charge in [-0.2, -0.15) is 0 Å². The van der Waals surface area contributed by atoms with Crippen molar-refractivity contribution in [2.24, 2.45) is 0 Å². The summed E-state index contributed by atoms with van der Waals surface area (Å²) in [5.74, 6) is 0.540. The second-order valence-corrected chi connectivity index (χ2v) is 2.97. The summed E-state index contributed by atoms with van der Waals surface area (Å²) in [4.78, 5) is 0. The average molecular weight is 203 g/mol. The molecule has 1 rings (SSSR count). The molecule has 3 nitrogen and oxygen atoms in total. The van der Waals surface area contributed by atoms with Gasteiger partial charge < -0.3 is 14.6 Å². The molecular weight excluding hydrogens is 192 g/mol. The van der Waals surface area contributed by atoms with E-state index in [9.17, 15) is 5.11 Å². The zero-order chi connectivity index (χ0) is 10.0. The molecule has 0 aliphatic heterocycles. The van der Waals surface area contributed by atoms with E-state index in [1.54, 1.807) is 6.07 Å². The van der Waals surface area contributed by atoms with E-state index in [0.29, 0.717) is 10.8 Å². The summed E-state index contributed by atoms with van der Waals surface area (Å²) in [6.07, 6.45) is 0. The van der Waals surface area contributed by atoms with Crippen molar-refractivity contribution in [2.45, 2.75) is 6.92 Å². The lowest BCUT2D eigenvalue weighted by Crippen LogP contribution is -1.91. The number of rotatable bonds is 2. The summed E-state index contributed by atoms with van der Waals surface area (Å²) in [7, 11) is 2.92. The van der Waals surface area contributed by atoms with E-state index in [2.05, 4.69) is 0 Å². The van der Waals surface area contributed by atoms with E-state index < -0.39 is 0 Å². The third kappa shape index (κ3) is 1.65. The van der Waals surface area contributed by atoms with Crippen molar-refractivity contribution in [1.29, 1.82) is 0 Å². The lowest BCUT2D eigenvalue weighted by molar-refractivity contribution is 0.339. The Hall–Kier alpha value is -1.09. The van der Waals surface area contributed by atoms with Gasteiger partial charge in [-0.1, -0.05) is 11.6 Å². The van der Waals surface area contributed by atoms with Crippen LogP contribution in [0, 0.1) is 6.92 Å². The molecule has 0 saturated carbocycles. The Morgan fingerprint density at radius 3 is 2.38 bits per heavy atom. The number of phenolic OH excluding ortho intramolecular Hbond substituents is 1. The van der Waals surface area contributed by atoms with Gasteiger partial charge in [0.25, 0.3) is 0 Å². The molecule has 0 heterocycles. The van der Waals surface area contributed by atoms with Crippen LogP contribution in [0.4, 0.5) is 0 Å². The summed E-state index contributed by atoms with van der Waals surface area (Å²) in [6.45, 7) is 1.81. The molecule has 1 aromatic carbocycles. The number of hydrogen-bond donors (Lipinski definition) is 1. The van der Waals surface area contributed by atoms with Crippen LogP contribution in [0.1, 0.15) is 5.56 Å². The Bertz CT molecular complexity index is 323. The molecule has 0 atom stereocenters. The molecule has 4 heteroatoms. The number of aryl methyl sites for hydroxylation is 1. The Morgan fingerprint density at radius 2 is 1.92 bits per heavy atom. The zero-order valence-electron chi connectivity index (χ0n) is 7.72. The lowest BCUT2D eigenvalue weighted by Gasteiger charge is -2.11. The molecule has 0 saturated heterocycles. The monoisotopic (exact) mass is 202 g/mol. The minimum Gasteiger partial charge on any atom is -0.502 e. The molecule has 0 spiro atoms. The molecule has 0 aliphatic rings. The fourth-order valence-electron chi connectivity index (χ4n) is 1.07. The van der Waals surface area contributed by atoms with E-state index in [0.717, 1.165) is 5.56 Å². The Labute approximate surface area is 81.9 Å². The number of phenols is 1. The third-order valence-corrected chi connectivity index (χ3v) is 2.24. The fraction of sp³-hybridized carbons (Fsp3) is 0.333. The van der Waals surface area contributed by atoms with Gasteiger partial charge in [0.2, 0.25) is 5.75 Å². The largest absolute Gasteiger partial charge is 0.502 e. The maximum atomic E-state index is 9.56. The van der Waals surface area contributed by atoms with Crippen LogP contribution in [0.3, 0.4) is 0 Å². The van der Waals surface area contributed by atoms with Crippen LogP contribution in [-0.2, 0) is 0 Å². The normalized spacial score (nSPS) is 9.85. The standard InChI is InChI=1S/C9H11ClO3/c1-5-4-6(12-2)8(11)9(13-3)7(5)10/h4,11H,1-3H3. The molecule has 0 radical (unpaired) electrons. The van der Waals surface area contributed by atoms with E-state index in [1.807, 2.05) is 6.92 Å². The quantitative estimate of drug-likeness (QED) is 0.800. The van der Waals surface area contributed by atoms with E-state index >= 15 is 0 Å². The second-order valence-electron chi connectivity index (χ2n) is 2.59. The summed E-state index contributed by atoms with van der Waals surface area (Å²) in [5.41, 5.74) is 0.799. The third-order valence-electron chi connectivity index (χ3n) is 1.77. The number of hydrogen-bond acceptors (Lipinski definition) is 3. The second kappa shape index (κ2) is 3.75. The zero-order valence-corrected chi connectivity index (χ0v) is 8.47. The first-order valence-corrected chi connectivity index (χ1v) is 4.09. The van der Waals surface area contributed by atoms with Crippen LogP contribution < -0.4 is 9.47 Å². The van der Waals surface area contributed by atoms with Gasteiger partial charge in [0.15, 0.2) is 11.5 Å². The van der Waals surface area contributed by atoms with Gasteiger partial charge in [0, 0.05) is 0 Å². The maximum Gasteiger partial charge on any atom is 0.202 e. The van der Waals surface area contributed by atoms with E-state index in [4.69, 9.17) is 21.1 Å². The van der Waals surface area contributed by atoms with E-state index in [-0.39, 0.29) is 11.5 Å². The Morgan fingerprint density at radius 1 is 1.31 bits per heavy atom. The first kappa shape index (κ1) is 9.99. The Kier molecular flexibility index (Phi) is 2.88. The molecule has 13 heavy (non-hydrogen) atoms. The molecule has 0 amide bonds. The van der Waals surface area contributed by atoms with Crippen molar-refractivity contribution in [1.82, 2.24) is 0 Å². The number of aromatic hydroxyl groups is 1. The lowest BCUT2D eigenvalue weighted by atomic mass is 10.2. The van der Waals surface area contributed by atoms with Crippen molar-refractivity contribution < 1.29 is 14.6 Å². The molecule has 1 aromatic rings. The van der Waals surface area contributed by atoms with Crippen LogP contribution in [0.25, 0.3) is 0 Å². The summed E-state index contributed by atoms with van der Waals surface area (Å²) < 4.78 is 9.87. The predicted molar refractivity (Wildman–Crippen MR) is 51.0 cm³/mol. The number of ether oxygens (including phenoxy) is 2. The van der Waals surface area contributed by atoms with Crippen LogP contribution in [-0.4, -0.2) is 19.3 Å². The minimum absolute atomic E-state index is 0.0689. The topological polar surface area (TPSA) is 38.7 Å². The molecule has 0 bridgehead atoms. The van der Waals surface area contributed by atoms with Crippen molar-refractivity contribution in [2.75, 3.05) is 14.2 Å². The SMILES string of the molecule is COc1cc(C)c(Cl)c(OC)c1O. The van der Waals surface area contributed by atoms with Gasteiger partial charge >= 0.3 is 0 Å². The van der Waals surface area contributed by atoms with Gasteiger partial charge in [-0.25, -0.2) is 0 Å². The van der Waals surface area contributed by atoms with Gasteiger partial charge in [-0.3, -0.25) is 0 Å². The first-order chi connectivity index (χ1) is 6.11. The van der Waals surface area contributed by atoms with Gasteiger partial charge in [0.05, 0.1) is 19.2 Å². The summed E-state index contributed by atoms with van der Waals surface area (Å²) >= 11 is 5.89. The van der Waals surface area contributed by atoms with Crippen LogP contribution >= 0.6 is 11.6 Å². The van der Waals surface area contributed by atoms with Crippen LogP contribution in [0.2, 0.25) is 5.02 Å². The average Bonchev–Trinajstić information content (AvgIpc) is 2.12. The first-order valence-electron chi connectivity index (χ1n) is 3.71. The minimum atomic E-state index is -0.0689. The van der Waals surface area contributed by atoms with Crippen molar-refractivity contribution >= 4 is 11.6 Å². The fourth-order valence-corrected chi connectivity index (χ4v) is 1.29. The number of methoxy groups -OCH3 is 2. The highest BCUT2D eigenvalue weighted by molar-refractivity contribution is 6.33. The van der Waals surface area contributed by atoms with Crippen LogP contribution in [0.15, 0.2) is 6.07 Å². The summed E-state index contributed by atoms with van der Waals surface area (Å²) in [5, 5.41) is 9.96. The van der Waals surface area contributed by atoms with Gasteiger partial charge in [-0.05, 0) is 18.6 Å². The van der Waals surface area contributed by atoms with Crippen molar-refractivity contribution in [3.05, 3.63) is 16.7 Å². The molecule has 72 valence electrons. The smallest absolute Gasteiger partial charge is 0.202 e. The highest BCUT2D eigenvalue weighted by atomic mass is 35.5. The molecule has 1 N–H and O–H groups in total. The van der Waals surface area contributed by atoms with Gasteiger partial charge in [-0.15, -0.1) is 0 Å².